The summed E-state index contributed by atoms with van der Waals surface area (Å²) in [6.07, 6.45) is 27.3. The maximum absolute atomic E-state index is 9.90. The van der Waals surface area contributed by atoms with E-state index in [-0.39, 0.29) is 6.29 Å². The summed E-state index contributed by atoms with van der Waals surface area (Å²) < 4.78 is 5.82. The van der Waals surface area contributed by atoms with Crippen molar-refractivity contribution in [3.8, 4) is 0 Å². The lowest BCUT2D eigenvalue weighted by Crippen LogP contribution is -2.46. The van der Waals surface area contributed by atoms with E-state index >= 15 is 0 Å². The smallest absolute Gasteiger partial charge is 0.151 e. The Labute approximate surface area is 253 Å². The average Bonchev–Trinajstić information content (AvgIpc) is 2.99. The van der Waals surface area contributed by atoms with Crippen LogP contribution < -0.4 is 0 Å². The minimum absolute atomic E-state index is 0.0258. The van der Waals surface area contributed by atoms with E-state index in [0.717, 1.165) is 13.2 Å². The van der Waals surface area contributed by atoms with Gasteiger partial charge in [0.1, 0.15) is 24.4 Å². The fourth-order valence-electron chi connectivity index (χ4n) is 4.81. The highest BCUT2D eigenvalue weighted by molar-refractivity contribution is 5.56. The summed E-state index contributed by atoms with van der Waals surface area (Å²) in [5.41, 5.74) is 0. The molecule has 248 valence electrons. The van der Waals surface area contributed by atoms with E-state index in [1.165, 1.54) is 154 Å². The summed E-state index contributed by atoms with van der Waals surface area (Å²) >= 11 is 0. The number of carbonyl (C=O) groups excluding carboxylic acids is 1. The lowest BCUT2D eigenvalue weighted by Gasteiger charge is -2.22. The van der Waals surface area contributed by atoms with Crippen molar-refractivity contribution in [2.75, 3.05) is 19.8 Å². The van der Waals surface area contributed by atoms with Crippen molar-refractivity contribution in [1.29, 1.82) is 0 Å². The van der Waals surface area contributed by atoms with Crippen LogP contribution in [0.4, 0.5) is 0 Å². The second-order valence-electron chi connectivity index (χ2n) is 11.7. The first-order chi connectivity index (χ1) is 20.0. The fourth-order valence-corrected chi connectivity index (χ4v) is 4.81. The molecule has 0 aliphatic rings. The number of rotatable bonds is 31. The zero-order valence-corrected chi connectivity index (χ0v) is 27.0. The van der Waals surface area contributed by atoms with Gasteiger partial charge in [0.2, 0.25) is 0 Å². The SMILES string of the molecule is CCCCCCCCCCCCCCOCCCCCCCCCCCCCC.O=C[C@H](O)[C@@H](O)[C@@H](O)[C@H](O)CO. The van der Waals surface area contributed by atoms with Crippen LogP contribution in [-0.2, 0) is 9.53 Å². The van der Waals surface area contributed by atoms with E-state index in [0.29, 0.717) is 0 Å². The van der Waals surface area contributed by atoms with Crippen LogP contribution in [0.25, 0.3) is 0 Å². The van der Waals surface area contributed by atoms with Gasteiger partial charge in [0, 0.05) is 13.2 Å². The van der Waals surface area contributed by atoms with Gasteiger partial charge in [-0.25, -0.2) is 0 Å². The Kier molecular flexibility index (Phi) is 37.0. The van der Waals surface area contributed by atoms with Crippen LogP contribution in [0, 0.1) is 0 Å². The third kappa shape index (κ3) is 32.2. The van der Waals surface area contributed by atoms with Crippen molar-refractivity contribution in [3.63, 3.8) is 0 Å². The number of ether oxygens (including phenoxy) is 1. The van der Waals surface area contributed by atoms with Crippen molar-refractivity contribution in [3.05, 3.63) is 0 Å². The second-order valence-corrected chi connectivity index (χ2v) is 11.7. The van der Waals surface area contributed by atoms with Gasteiger partial charge < -0.3 is 35.1 Å². The van der Waals surface area contributed by atoms with Crippen LogP contribution >= 0.6 is 0 Å². The van der Waals surface area contributed by atoms with E-state index in [2.05, 4.69) is 13.8 Å². The summed E-state index contributed by atoms with van der Waals surface area (Å²) in [6, 6.07) is 0. The normalized spacial score (nSPS) is 14.2. The standard InChI is InChI=1S/C28H58O.C6H12O6/c1-3-5-7-9-11-13-15-17-19-21-23-25-27-29-28-26-24-22-20-18-16-14-12-10-8-6-4-2;7-1-3(9)5(11)6(12)4(10)2-8/h3-28H2,1-2H3;1,3-6,8-12H,2H2/t;3-,4+,5+,6-/m.0/s1. The van der Waals surface area contributed by atoms with Crippen molar-refractivity contribution in [2.24, 2.45) is 0 Å². The number of unbranched alkanes of at least 4 members (excludes halogenated alkanes) is 22. The molecule has 4 atom stereocenters. The molecule has 0 unspecified atom stereocenters. The van der Waals surface area contributed by atoms with Crippen molar-refractivity contribution in [1.82, 2.24) is 0 Å². The maximum Gasteiger partial charge on any atom is 0.151 e. The van der Waals surface area contributed by atoms with Gasteiger partial charge in [0.25, 0.3) is 0 Å². The molecular weight excluding hydrogens is 520 g/mol. The number of aliphatic hydroxyl groups excluding tert-OH is 5. The average molecular weight is 591 g/mol. The van der Waals surface area contributed by atoms with E-state index in [9.17, 15) is 4.79 Å². The van der Waals surface area contributed by atoms with Gasteiger partial charge in [-0.05, 0) is 12.8 Å². The monoisotopic (exact) mass is 591 g/mol. The molecule has 0 radical (unpaired) electrons. The van der Waals surface area contributed by atoms with Crippen LogP contribution in [0.2, 0.25) is 0 Å². The summed E-state index contributed by atoms with van der Waals surface area (Å²) in [4.78, 5) is 9.90. The first kappa shape index (κ1) is 42.6. The predicted octanol–water partition coefficient (Wildman–Crippen LogP) is 7.03. The number of hydrogen-bond acceptors (Lipinski definition) is 7. The molecule has 7 heteroatoms. The van der Waals surface area contributed by atoms with E-state index in [4.69, 9.17) is 30.3 Å². The zero-order valence-electron chi connectivity index (χ0n) is 27.0. The van der Waals surface area contributed by atoms with Crippen LogP contribution in [-0.4, -0.2) is 76.1 Å². The second kappa shape index (κ2) is 35.6. The van der Waals surface area contributed by atoms with Gasteiger partial charge in [-0.2, -0.15) is 0 Å². The van der Waals surface area contributed by atoms with Crippen LogP contribution in [0.1, 0.15) is 168 Å². The Bertz CT molecular complexity index is 466. The number of carbonyl (C=O) groups is 1. The Hall–Kier alpha value is -0.570. The largest absolute Gasteiger partial charge is 0.394 e. The third-order valence-electron chi connectivity index (χ3n) is 7.70. The van der Waals surface area contributed by atoms with Gasteiger partial charge >= 0.3 is 0 Å². The predicted molar refractivity (Wildman–Crippen MR) is 170 cm³/mol. The van der Waals surface area contributed by atoms with Gasteiger partial charge in [0.15, 0.2) is 6.29 Å². The highest BCUT2D eigenvalue weighted by atomic mass is 16.5. The molecule has 0 saturated carbocycles. The summed E-state index contributed by atoms with van der Waals surface area (Å²) in [7, 11) is 0. The molecule has 0 spiro atoms. The molecule has 0 rings (SSSR count). The van der Waals surface area contributed by atoms with Gasteiger partial charge in [-0.1, -0.05) is 155 Å². The number of hydrogen-bond donors (Lipinski definition) is 5. The molecule has 7 nitrogen and oxygen atoms in total. The topological polar surface area (TPSA) is 127 Å². The fraction of sp³-hybridized carbons (Fsp3) is 0.971. The molecular formula is C34H70O7. The zero-order chi connectivity index (χ0) is 30.8. The van der Waals surface area contributed by atoms with Gasteiger partial charge in [0.05, 0.1) is 6.61 Å². The molecule has 5 N–H and O–H groups in total. The molecule has 0 aromatic rings. The Morgan fingerprint density at radius 1 is 0.488 bits per heavy atom. The van der Waals surface area contributed by atoms with Crippen LogP contribution in [0.15, 0.2) is 0 Å². The Morgan fingerprint density at radius 3 is 1.05 bits per heavy atom. The van der Waals surface area contributed by atoms with Gasteiger partial charge in [-0.3, -0.25) is 0 Å². The minimum atomic E-state index is -1.79. The quantitative estimate of drug-likeness (QED) is 0.0433. The molecule has 0 aliphatic carbocycles. The molecule has 0 aliphatic heterocycles. The molecule has 0 saturated heterocycles. The number of aldehydes is 1. The molecule has 41 heavy (non-hydrogen) atoms. The molecule has 0 heterocycles. The van der Waals surface area contributed by atoms with Crippen LogP contribution in [0.3, 0.4) is 0 Å². The Morgan fingerprint density at radius 2 is 0.780 bits per heavy atom. The highest BCUT2D eigenvalue weighted by Gasteiger charge is 2.29. The molecule has 0 bridgehead atoms. The highest BCUT2D eigenvalue weighted by Crippen LogP contribution is 2.13. The summed E-state index contributed by atoms with van der Waals surface area (Å²) in [5.74, 6) is 0. The van der Waals surface area contributed by atoms with Gasteiger partial charge in [-0.15, -0.1) is 0 Å². The molecule has 0 fully saturated rings. The lowest BCUT2D eigenvalue weighted by molar-refractivity contribution is -0.136. The maximum atomic E-state index is 9.90. The first-order valence-corrected chi connectivity index (χ1v) is 17.3. The van der Waals surface area contributed by atoms with Crippen molar-refractivity contribution >= 4 is 6.29 Å². The first-order valence-electron chi connectivity index (χ1n) is 17.3. The van der Waals surface area contributed by atoms with E-state index in [1.807, 2.05) is 0 Å². The minimum Gasteiger partial charge on any atom is -0.394 e. The number of aliphatic hydroxyl groups is 5. The lowest BCUT2D eigenvalue weighted by atomic mass is 10.0. The third-order valence-corrected chi connectivity index (χ3v) is 7.70. The molecule has 0 aromatic carbocycles. The summed E-state index contributed by atoms with van der Waals surface area (Å²) in [5, 5.41) is 43.5. The van der Waals surface area contributed by atoms with Crippen molar-refractivity contribution in [2.45, 2.75) is 192 Å². The molecule has 0 amide bonds. The van der Waals surface area contributed by atoms with Crippen molar-refractivity contribution < 1.29 is 35.1 Å². The van der Waals surface area contributed by atoms with E-state index in [1.54, 1.807) is 0 Å². The molecule has 0 aromatic heterocycles. The van der Waals surface area contributed by atoms with Crippen LogP contribution in [0.5, 0.6) is 0 Å². The van der Waals surface area contributed by atoms with E-state index < -0.39 is 31.0 Å². The Balaban J connectivity index is 0. The summed E-state index contributed by atoms with van der Waals surface area (Å²) in [6.45, 7) is 5.82.